The molecule has 0 aliphatic heterocycles. The van der Waals surface area contributed by atoms with Crippen LogP contribution in [0.4, 0.5) is 0 Å². The molecule has 1 heterocycles. The molecule has 0 bridgehead atoms. The number of nitrogens with one attached hydrogen (secondary N) is 1. The van der Waals surface area contributed by atoms with Crippen LogP contribution in [0.15, 0.2) is 6.33 Å². The summed E-state index contributed by atoms with van der Waals surface area (Å²) in [6.07, 6.45) is 0.727. The molecule has 0 aliphatic rings. The molecule has 0 spiro atoms. The van der Waals surface area contributed by atoms with Gasteiger partial charge in [-0.15, -0.1) is 0 Å². The van der Waals surface area contributed by atoms with Crippen LogP contribution in [-0.2, 0) is 11.3 Å². The summed E-state index contributed by atoms with van der Waals surface area (Å²) in [5.41, 5.74) is 0.255. The first-order valence-electron chi connectivity index (χ1n) is 5.46. The van der Waals surface area contributed by atoms with Crippen LogP contribution in [0.5, 0.6) is 0 Å². The number of rotatable bonds is 7. The maximum Gasteiger partial charge on any atom is 0.176 e. The fraction of sp³-hybridized carbons (Fsp3) is 0.545. The maximum atomic E-state index is 9.76. The zero-order chi connectivity index (χ0) is 13.4. The summed E-state index contributed by atoms with van der Waals surface area (Å²) in [4.78, 5) is 3.80. The second-order valence-electron chi connectivity index (χ2n) is 3.67. The standard InChI is InChI=1S/C11H15N5O2/c1-18-3-2-14-6-9(17)7-16-8-15-10(4-12)11(16)5-13/h8-9,14,17H,2-3,6-7H2,1H3. The molecule has 2 N–H and O–H groups in total. The molecule has 7 heteroatoms. The van der Waals surface area contributed by atoms with Crippen molar-refractivity contribution >= 4 is 0 Å². The van der Waals surface area contributed by atoms with E-state index in [1.54, 1.807) is 7.11 Å². The number of aromatic nitrogens is 2. The Morgan fingerprint density at radius 1 is 1.56 bits per heavy atom. The molecule has 0 saturated heterocycles. The Labute approximate surface area is 105 Å². The molecule has 1 aromatic heterocycles. The summed E-state index contributed by atoms with van der Waals surface area (Å²) in [6, 6.07) is 3.74. The highest BCUT2D eigenvalue weighted by atomic mass is 16.5. The fourth-order valence-electron chi connectivity index (χ4n) is 1.45. The van der Waals surface area contributed by atoms with Crippen molar-refractivity contribution in [1.29, 1.82) is 10.5 Å². The van der Waals surface area contributed by atoms with E-state index in [1.165, 1.54) is 10.9 Å². The first-order chi connectivity index (χ1) is 8.72. The van der Waals surface area contributed by atoms with Crippen molar-refractivity contribution in [3.8, 4) is 12.1 Å². The normalized spacial score (nSPS) is 11.8. The van der Waals surface area contributed by atoms with Crippen molar-refractivity contribution in [3.63, 3.8) is 0 Å². The lowest BCUT2D eigenvalue weighted by atomic mass is 10.3. The zero-order valence-corrected chi connectivity index (χ0v) is 10.1. The minimum atomic E-state index is -0.658. The zero-order valence-electron chi connectivity index (χ0n) is 10.1. The highest BCUT2D eigenvalue weighted by molar-refractivity contribution is 5.36. The van der Waals surface area contributed by atoms with E-state index in [4.69, 9.17) is 15.3 Å². The van der Waals surface area contributed by atoms with Gasteiger partial charge in [0.15, 0.2) is 11.4 Å². The van der Waals surface area contributed by atoms with Crippen molar-refractivity contribution in [2.45, 2.75) is 12.6 Å². The third-order valence-electron chi connectivity index (χ3n) is 2.32. The van der Waals surface area contributed by atoms with Gasteiger partial charge in [-0.25, -0.2) is 4.98 Å². The van der Waals surface area contributed by atoms with Gasteiger partial charge in [0.2, 0.25) is 0 Å². The molecule has 0 saturated carbocycles. The molecule has 1 unspecified atom stereocenters. The molecule has 7 nitrogen and oxygen atoms in total. The topological polar surface area (TPSA) is 107 Å². The molecule has 1 aromatic rings. The quantitative estimate of drug-likeness (QED) is 0.614. The average Bonchev–Trinajstić information content (AvgIpc) is 2.76. The Bertz CT molecular complexity index is 457. The lowest BCUT2D eigenvalue weighted by Crippen LogP contribution is -2.32. The van der Waals surface area contributed by atoms with Crippen LogP contribution < -0.4 is 5.32 Å². The molecular formula is C11H15N5O2. The van der Waals surface area contributed by atoms with Crippen LogP contribution in [-0.4, -0.2) is 47.6 Å². The van der Waals surface area contributed by atoms with Gasteiger partial charge in [0.05, 0.1) is 25.6 Å². The van der Waals surface area contributed by atoms with Gasteiger partial charge in [0, 0.05) is 20.2 Å². The number of nitrogens with zero attached hydrogens (tertiary/aromatic N) is 4. The molecule has 0 fully saturated rings. The van der Waals surface area contributed by atoms with E-state index < -0.39 is 6.10 Å². The van der Waals surface area contributed by atoms with Gasteiger partial charge in [0.25, 0.3) is 0 Å². The number of methoxy groups -OCH3 is 1. The average molecular weight is 249 g/mol. The van der Waals surface area contributed by atoms with Gasteiger partial charge in [0.1, 0.15) is 12.1 Å². The second kappa shape index (κ2) is 7.41. The Morgan fingerprint density at radius 3 is 2.94 bits per heavy atom. The van der Waals surface area contributed by atoms with E-state index in [9.17, 15) is 5.11 Å². The van der Waals surface area contributed by atoms with Crippen LogP contribution in [0.3, 0.4) is 0 Å². The van der Waals surface area contributed by atoms with Crippen molar-refractivity contribution in [2.75, 3.05) is 26.8 Å². The summed E-state index contributed by atoms with van der Waals surface area (Å²) in [5, 5.41) is 30.4. The Kier molecular flexibility index (Phi) is 5.81. The van der Waals surface area contributed by atoms with Crippen molar-refractivity contribution < 1.29 is 9.84 Å². The highest BCUT2D eigenvalue weighted by Crippen LogP contribution is 2.05. The number of nitriles is 2. The van der Waals surface area contributed by atoms with E-state index in [2.05, 4.69) is 10.3 Å². The van der Waals surface area contributed by atoms with Crippen LogP contribution >= 0.6 is 0 Å². The summed E-state index contributed by atoms with van der Waals surface area (Å²) in [5.74, 6) is 0. The number of hydrogen-bond donors (Lipinski definition) is 2. The van der Waals surface area contributed by atoms with Crippen molar-refractivity contribution in [1.82, 2.24) is 14.9 Å². The van der Waals surface area contributed by atoms with Gasteiger partial charge < -0.3 is 19.7 Å². The molecule has 0 amide bonds. The monoisotopic (exact) mass is 249 g/mol. The van der Waals surface area contributed by atoms with Crippen molar-refractivity contribution in [3.05, 3.63) is 17.7 Å². The van der Waals surface area contributed by atoms with Crippen LogP contribution in [0.1, 0.15) is 11.4 Å². The van der Waals surface area contributed by atoms with Gasteiger partial charge in [-0.3, -0.25) is 0 Å². The second-order valence-corrected chi connectivity index (χ2v) is 3.67. The first kappa shape index (κ1) is 14.1. The number of ether oxygens (including phenoxy) is 1. The van der Waals surface area contributed by atoms with E-state index in [0.717, 1.165) is 0 Å². The van der Waals surface area contributed by atoms with Crippen LogP contribution in [0.2, 0.25) is 0 Å². The predicted octanol–water partition coefficient (Wildman–Crippen LogP) is -0.777. The van der Waals surface area contributed by atoms with E-state index in [-0.39, 0.29) is 17.9 Å². The summed E-state index contributed by atoms with van der Waals surface area (Å²) < 4.78 is 6.33. The molecule has 1 rings (SSSR count). The fourth-order valence-corrected chi connectivity index (χ4v) is 1.45. The summed E-state index contributed by atoms with van der Waals surface area (Å²) in [6.45, 7) is 1.82. The number of aliphatic hydroxyl groups excluding tert-OH is 1. The van der Waals surface area contributed by atoms with E-state index in [0.29, 0.717) is 19.7 Å². The molecule has 0 radical (unpaired) electrons. The lowest BCUT2D eigenvalue weighted by Gasteiger charge is -2.12. The molecule has 1 atom stereocenters. The van der Waals surface area contributed by atoms with Crippen LogP contribution in [0, 0.1) is 22.7 Å². The molecule has 18 heavy (non-hydrogen) atoms. The van der Waals surface area contributed by atoms with Gasteiger partial charge in [-0.2, -0.15) is 10.5 Å². The number of aliphatic hydroxyl groups is 1. The lowest BCUT2D eigenvalue weighted by molar-refractivity contribution is 0.143. The molecule has 96 valence electrons. The minimum Gasteiger partial charge on any atom is -0.390 e. The largest absolute Gasteiger partial charge is 0.390 e. The molecular weight excluding hydrogens is 234 g/mol. The Hall–Kier alpha value is -1.93. The maximum absolute atomic E-state index is 9.76. The van der Waals surface area contributed by atoms with Gasteiger partial charge >= 0.3 is 0 Å². The molecule has 0 aromatic carbocycles. The summed E-state index contributed by atoms with van der Waals surface area (Å²) in [7, 11) is 1.60. The third-order valence-corrected chi connectivity index (χ3v) is 2.32. The van der Waals surface area contributed by atoms with Gasteiger partial charge in [-0.05, 0) is 0 Å². The predicted molar refractivity (Wildman–Crippen MR) is 62.4 cm³/mol. The SMILES string of the molecule is COCCNCC(O)Cn1cnc(C#N)c1C#N. The first-order valence-corrected chi connectivity index (χ1v) is 5.46. The minimum absolute atomic E-state index is 0.0806. The summed E-state index contributed by atoms with van der Waals surface area (Å²) >= 11 is 0. The van der Waals surface area contributed by atoms with Crippen molar-refractivity contribution in [2.24, 2.45) is 0 Å². The number of imidazole rings is 1. The highest BCUT2D eigenvalue weighted by Gasteiger charge is 2.12. The third kappa shape index (κ3) is 3.82. The Morgan fingerprint density at radius 2 is 2.33 bits per heavy atom. The van der Waals surface area contributed by atoms with E-state index in [1.807, 2.05) is 12.1 Å². The smallest absolute Gasteiger partial charge is 0.176 e. The molecule has 0 aliphatic carbocycles. The van der Waals surface area contributed by atoms with Crippen LogP contribution in [0.25, 0.3) is 0 Å². The number of hydrogen-bond acceptors (Lipinski definition) is 6. The van der Waals surface area contributed by atoms with Gasteiger partial charge in [-0.1, -0.05) is 0 Å². The van der Waals surface area contributed by atoms with E-state index >= 15 is 0 Å². The Balaban J connectivity index is 2.50.